The molecule has 0 aromatic rings. The molecular formula is C14H28O3. The summed E-state index contributed by atoms with van der Waals surface area (Å²) in [5, 5.41) is 9.29. The molecule has 0 amide bonds. The highest BCUT2D eigenvalue weighted by Gasteiger charge is 2.06. The lowest BCUT2D eigenvalue weighted by molar-refractivity contribution is -0.144. The first-order valence-electron chi connectivity index (χ1n) is 7.04. The van der Waals surface area contributed by atoms with E-state index in [2.05, 4.69) is 6.92 Å². The van der Waals surface area contributed by atoms with Gasteiger partial charge in [0.25, 0.3) is 0 Å². The molecule has 0 aliphatic heterocycles. The maximum absolute atomic E-state index is 11.3. The van der Waals surface area contributed by atoms with Gasteiger partial charge in [-0.15, -0.1) is 0 Å². The zero-order valence-corrected chi connectivity index (χ0v) is 11.4. The Morgan fingerprint density at radius 2 is 1.76 bits per heavy atom. The van der Waals surface area contributed by atoms with Gasteiger partial charge in [0.05, 0.1) is 12.7 Å². The molecule has 0 saturated heterocycles. The minimum atomic E-state index is -0.364. The maximum Gasteiger partial charge on any atom is 0.305 e. The molecule has 0 aliphatic rings. The highest BCUT2D eigenvalue weighted by molar-refractivity contribution is 5.69. The van der Waals surface area contributed by atoms with Gasteiger partial charge in [-0.3, -0.25) is 4.79 Å². The Kier molecular flexibility index (Phi) is 11.5. The van der Waals surface area contributed by atoms with E-state index in [1.807, 2.05) is 6.92 Å². The molecule has 1 atom stereocenters. The van der Waals surface area contributed by atoms with Gasteiger partial charge in [-0.2, -0.15) is 0 Å². The van der Waals surface area contributed by atoms with Gasteiger partial charge in [-0.05, 0) is 19.3 Å². The molecule has 1 unspecified atom stereocenters. The molecule has 0 aliphatic carbocycles. The van der Waals surface area contributed by atoms with Crippen LogP contribution in [0.25, 0.3) is 0 Å². The van der Waals surface area contributed by atoms with Crippen LogP contribution in [-0.2, 0) is 9.53 Å². The van der Waals surface area contributed by atoms with Crippen molar-refractivity contribution in [3.8, 4) is 0 Å². The molecule has 1 N–H and O–H groups in total. The Labute approximate surface area is 106 Å². The second kappa shape index (κ2) is 11.9. The summed E-state index contributed by atoms with van der Waals surface area (Å²) >= 11 is 0. The van der Waals surface area contributed by atoms with E-state index in [0.29, 0.717) is 25.9 Å². The van der Waals surface area contributed by atoms with Crippen LogP contribution in [0.1, 0.15) is 71.6 Å². The van der Waals surface area contributed by atoms with Crippen molar-refractivity contribution in [3.63, 3.8) is 0 Å². The third-order valence-electron chi connectivity index (χ3n) is 2.91. The second-order valence-corrected chi connectivity index (χ2v) is 4.59. The lowest BCUT2D eigenvalue weighted by atomic mass is 10.1. The van der Waals surface area contributed by atoms with E-state index in [1.165, 1.54) is 25.7 Å². The van der Waals surface area contributed by atoms with Gasteiger partial charge in [0, 0.05) is 6.42 Å². The van der Waals surface area contributed by atoms with Crippen LogP contribution in [0, 0.1) is 0 Å². The molecule has 0 rings (SSSR count). The van der Waals surface area contributed by atoms with E-state index in [1.54, 1.807) is 0 Å². The van der Waals surface area contributed by atoms with Crippen LogP contribution in [0.4, 0.5) is 0 Å². The average molecular weight is 244 g/mol. The van der Waals surface area contributed by atoms with Gasteiger partial charge < -0.3 is 9.84 Å². The van der Waals surface area contributed by atoms with E-state index in [9.17, 15) is 9.90 Å². The summed E-state index contributed by atoms with van der Waals surface area (Å²) in [5.41, 5.74) is 0. The Hall–Kier alpha value is -0.570. The third kappa shape index (κ3) is 11.7. The molecule has 0 fully saturated rings. The zero-order valence-electron chi connectivity index (χ0n) is 11.4. The highest BCUT2D eigenvalue weighted by Crippen LogP contribution is 2.06. The number of hydrogen-bond donors (Lipinski definition) is 1. The lowest BCUT2D eigenvalue weighted by Gasteiger charge is -2.07. The summed E-state index contributed by atoms with van der Waals surface area (Å²) in [6.07, 6.45) is 8.38. The van der Waals surface area contributed by atoms with Crippen LogP contribution < -0.4 is 0 Å². The molecule has 3 nitrogen and oxygen atoms in total. The molecule has 3 heteroatoms. The number of rotatable bonds is 11. The van der Waals surface area contributed by atoms with Crippen LogP contribution in [-0.4, -0.2) is 23.8 Å². The lowest BCUT2D eigenvalue weighted by Crippen LogP contribution is -2.11. The fourth-order valence-electron chi connectivity index (χ4n) is 1.63. The van der Waals surface area contributed by atoms with Crippen LogP contribution in [0.5, 0.6) is 0 Å². The van der Waals surface area contributed by atoms with Gasteiger partial charge in [0.2, 0.25) is 0 Å². The Bertz CT molecular complexity index is 180. The molecule has 0 saturated carbocycles. The van der Waals surface area contributed by atoms with Gasteiger partial charge in [0.15, 0.2) is 0 Å². The second-order valence-electron chi connectivity index (χ2n) is 4.59. The number of aliphatic hydroxyl groups is 1. The first-order chi connectivity index (χ1) is 8.20. The molecule has 0 aromatic heterocycles. The quantitative estimate of drug-likeness (QED) is 0.447. The van der Waals surface area contributed by atoms with Crippen molar-refractivity contribution < 1.29 is 14.6 Å². The summed E-state index contributed by atoms with van der Waals surface area (Å²) in [5.74, 6) is -0.175. The Morgan fingerprint density at radius 3 is 2.41 bits per heavy atom. The zero-order chi connectivity index (χ0) is 12.9. The van der Waals surface area contributed by atoms with Gasteiger partial charge >= 0.3 is 5.97 Å². The standard InChI is InChI=1S/C14H28O3/c1-3-5-6-7-8-9-12-17-14(16)11-10-13(15)4-2/h13,15H,3-12H2,1-2H3. The van der Waals surface area contributed by atoms with Gasteiger partial charge in [-0.1, -0.05) is 46.0 Å². The Morgan fingerprint density at radius 1 is 1.12 bits per heavy atom. The van der Waals surface area contributed by atoms with Crippen LogP contribution >= 0.6 is 0 Å². The molecular weight excluding hydrogens is 216 g/mol. The largest absolute Gasteiger partial charge is 0.466 e. The van der Waals surface area contributed by atoms with Crippen molar-refractivity contribution in [2.24, 2.45) is 0 Å². The number of esters is 1. The first-order valence-corrected chi connectivity index (χ1v) is 7.04. The van der Waals surface area contributed by atoms with Crippen molar-refractivity contribution in [3.05, 3.63) is 0 Å². The van der Waals surface area contributed by atoms with Crippen molar-refractivity contribution in [1.82, 2.24) is 0 Å². The van der Waals surface area contributed by atoms with E-state index >= 15 is 0 Å². The van der Waals surface area contributed by atoms with E-state index < -0.39 is 0 Å². The molecule has 0 bridgehead atoms. The number of hydrogen-bond acceptors (Lipinski definition) is 3. The predicted molar refractivity (Wildman–Crippen MR) is 69.9 cm³/mol. The third-order valence-corrected chi connectivity index (χ3v) is 2.91. The maximum atomic E-state index is 11.3. The van der Waals surface area contributed by atoms with Gasteiger partial charge in [0.1, 0.15) is 0 Å². The normalized spacial score (nSPS) is 12.4. The summed E-state index contributed by atoms with van der Waals surface area (Å²) in [6, 6.07) is 0. The summed E-state index contributed by atoms with van der Waals surface area (Å²) in [4.78, 5) is 11.3. The van der Waals surface area contributed by atoms with Crippen LogP contribution in [0.15, 0.2) is 0 Å². The summed E-state index contributed by atoms with van der Waals surface area (Å²) in [7, 11) is 0. The fourth-order valence-corrected chi connectivity index (χ4v) is 1.63. The van der Waals surface area contributed by atoms with Crippen molar-refractivity contribution in [2.75, 3.05) is 6.61 Å². The van der Waals surface area contributed by atoms with Gasteiger partial charge in [-0.25, -0.2) is 0 Å². The summed E-state index contributed by atoms with van der Waals surface area (Å²) in [6.45, 7) is 4.64. The highest BCUT2D eigenvalue weighted by atomic mass is 16.5. The monoisotopic (exact) mass is 244 g/mol. The number of carbonyl (C=O) groups excluding carboxylic acids is 1. The van der Waals surface area contributed by atoms with Crippen LogP contribution in [0.3, 0.4) is 0 Å². The minimum Gasteiger partial charge on any atom is -0.466 e. The number of ether oxygens (including phenoxy) is 1. The molecule has 102 valence electrons. The molecule has 0 radical (unpaired) electrons. The average Bonchev–Trinajstić information content (AvgIpc) is 2.34. The number of unbranched alkanes of at least 4 members (excludes halogenated alkanes) is 5. The van der Waals surface area contributed by atoms with Crippen molar-refractivity contribution in [2.45, 2.75) is 77.7 Å². The smallest absolute Gasteiger partial charge is 0.305 e. The number of carbonyl (C=O) groups is 1. The SMILES string of the molecule is CCCCCCCCOC(=O)CCC(O)CC. The van der Waals surface area contributed by atoms with Crippen molar-refractivity contribution >= 4 is 5.97 Å². The molecule has 0 heterocycles. The van der Waals surface area contributed by atoms with E-state index in [4.69, 9.17) is 4.74 Å². The van der Waals surface area contributed by atoms with Crippen molar-refractivity contribution in [1.29, 1.82) is 0 Å². The predicted octanol–water partition coefficient (Wildman–Crippen LogP) is 3.44. The molecule has 0 spiro atoms. The topological polar surface area (TPSA) is 46.5 Å². The van der Waals surface area contributed by atoms with Crippen LogP contribution in [0.2, 0.25) is 0 Å². The summed E-state index contributed by atoms with van der Waals surface area (Å²) < 4.78 is 5.09. The Balaban J connectivity index is 3.22. The van der Waals surface area contributed by atoms with E-state index in [0.717, 1.165) is 12.8 Å². The minimum absolute atomic E-state index is 0.175. The van der Waals surface area contributed by atoms with E-state index in [-0.39, 0.29) is 12.1 Å². The fraction of sp³-hybridized carbons (Fsp3) is 0.929. The number of aliphatic hydroxyl groups excluding tert-OH is 1. The molecule has 17 heavy (non-hydrogen) atoms. The molecule has 0 aromatic carbocycles. The first kappa shape index (κ1) is 16.4.